The summed E-state index contributed by atoms with van der Waals surface area (Å²) in [7, 11) is 0. The Labute approximate surface area is 113 Å². The molecule has 0 unspecified atom stereocenters. The molecule has 2 N–H and O–H groups in total. The molecule has 0 spiro atoms. The number of benzene rings is 2. The van der Waals surface area contributed by atoms with Crippen LogP contribution in [0.5, 0.6) is 0 Å². The molecule has 19 heavy (non-hydrogen) atoms. The fraction of sp³-hybridized carbons (Fsp3) is 0.0714. The lowest BCUT2D eigenvalue weighted by atomic mass is 10.0. The molecule has 0 saturated carbocycles. The molecular weight excluding hydrogens is 272 g/mol. The van der Waals surface area contributed by atoms with Gasteiger partial charge in [-0.2, -0.15) is 0 Å². The molecule has 0 heterocycles. The minimum Gasteiger partial charge on any atom is -0.399 e. The van der Waals surface area contributed by atoms with Crippen LogP contribution in [0.15, 0.2) is 30.3 Å². The van der Waals surface area contributed by atoms with Crippen molar-refractivity contribution in [2.24, 2.45) is 0 Å². The van der Waals surface area contributed by atoms with Crippen molar-refractivity contribution in [1.82, 2.24) is 0 Å². The van der Waals surface area contributed by atoms with Gasteiger partial charge in [-0.25, -0.2) is 8.78 Å². The molecule has 5 heteroatoms. The summed E-state index contributed by atoms with van der Waals surface area (Å²) in [6.45, 7) is 1.45. The van der Waals surface area contributed by atoms with Gasteiger partial charge < -0.3 is 5.73 Å². The number of ketones is 1. The molecule has 0 amide bonds. The molecule has 0 aliphatic rings. The quantitative estimate of drug-likeness (QED) is 0.673. The van der Waals surface area contributed by atoms with Gasteiger partial charge in [-0.1, -0.05) is 11.6 Å². The summed E-state index contributed by atoms with van der Waals surface area (Å²) in [6.07, 6.45) is 0. The first kappa shape index (κ1) is 13.5. The average molecular weight is 282 g/mol. The number of aryl methyl sites for hydroxylation is 1. The van der Waals surface area contributed by atoms with Crippen LogP contribution in [-0.2, 0) is 0 Å². The molecule has 0 radical (unpaired) electrons. The third-order valence-corrected chi connectivity index (χ3v) is 3.04. The second-order valence-electron chi connectivity index (χ2n) is 4.15. The molecule has 0 aromatic heterocycles. The molecule has 0 aliphatic carbocycles. The summed E-state index contributed by atoms with van der Waals surface area (Å²) >= 11 is 5.90. The van der Waals surface area contributed by atoms with Crippen LogP contribution in [0.1, 0.15) is 21.5 Å². The maximum atomic E-state index is 13.6. The van der Waals surface area contributed by atoms with Gasteiger partial charge in [0.05, 0.1) is 10.6 Å². The van der Waals surface area contributed by atoms with E-state index < -0.39 is 17.4 Å². The Hall–Kier alpha value is -1.94. The van der Waals surface area contributed by atoms with Crippen molar-refractivity contribution in [1.29, 1.82) is 0 Å². The summed E-state index contributed by atoms with van der Waals surface area (Å²) < 4.78 is 26.8. The Morgan fingerprint density at radius 3 is 2.42 bits per heavy atom. The topological polar surface area (TPSA) is 43.1 Å². The highest BCUT2D eigenvalue weighted by molar-refractivity contribution is 6.35. The van der Waals surface area contributed by atoms with E-state index in [1.807, 2.05) is 0 Å². The Balaban J connectivity index is 2.53. The summed E-state index contributed by atoms with van der Waals surface area (Å²) in [5.41, 5.74) is 6.02. The van der Waals surface area contributed by atoms with Gasteiger partial charge in [0.1, 0.15) is 11.6 Å². The van der Waals surface area contributed by atoms with Gasteiger partial charge in [-0.05, 0) is 36.8 Å². The van der Waals surface area contributed by atoms with Crippen molar-refractivity contribution in [3.05, 3.63) is 63.7 Å². The van der Waals surface area contributed by atoms with E-state index in [1.54, 1.807) is 0 Å². The maximum Gasteiger partial charge on any atom is 0.197 e. The lowest BCUT2D eigenvalue weighted by Gasteiger charge is -2.07. The molecule has 2 nitrogen and oxygen atoms in total. The van der Waals surface area contributed by atoms with E-state index in [9.17, 15) is 13.6 Å². The van der Waals surface area contributed by atoms with E-state index in [4.69, 9.17) is 17.3 Å². The summed E-state index contributed by atoms with van der Waals surface area (Å²) in [5, 5.41) is 0.131. The highest BCUT2D eigenvalue weighted by Gasteiger charge is 2.18. The second kappa shape index (κ2) is 4.97. The van der Waals surface area contributed by atoms with Crippen LogP contribution in [0.25, 0.3) is 0 Å². The van der Waals surface area contributed by atoms with E-state index >= 15 is 0 Å². The van der Waals surface area contributed by atoms with Gasteiger partial charge in [0.2, 0.25) is 0 Å². The molecule has 98 valence electrons. The number of nitrogens with two attached hydrogens (primary N) is 1. The lowest BCUT2D eigenvalue weighted by Crippen LogP contribution is -2.07. The molecule has 2 aromatic rings. The van der Waals surface area contributed by atoms with Crippen molar-refractivity contribution in [2.45, 2.75) is 6.92 Å². The van der Waals surface area contributed by atoms with Gasteiger partial charge in [0.15, 0.2) is 5.78 Å². The Kier molecular flexibility index (Phi) is 3.53. The highest BCUT2D eigenvalue weighted by atomic mass is 35.5. The van der Waals surface area contributed by atoms with Gasteiger partial charge in [0, 0.05) is 17.3 Å². The number of hydrogen-bond donors (Lipinski definition) is 1. The predicted octanol–water partition coefficient (Wildman–Crippen LogP) is 3.74. The first-order valence-electron chi connectivity index (χ1n) is 5.45. The molecule has 0 aliphatic heterocycles. The van der Waals surface area contributed by atoms with Crippen LogP contribution < -0.4 is 5.73 Å². The Morgan fingerprint density at radius 1 is 1.11 bits per heavy atom. The smallest absolute Gasteiger partial charge is 0.197 e. The Bertz CT molecular complexity index is 671. The number of rotatable bonds is 2. The van der Waals surface area contributed by atoms with E-state index in [2.05, 4.69) is 0 Å². The van der Waals surface area contributed by atoms with Crippen LogP contribution >= 0.6 is 11.6 Å². The van der Waals surface area contributed by atoms with Gasteiger partial charge in [-0.15, -0.1) is 0 Å². The van der Waals surface area contributed by atoms with E-state index in [0.29, 0.717) is 11.8 Å². The van der Waals surface area contributed by atoms with Gasteiger partial charge >= 0.3 is 0 Å². The second-order valence-corrected chi connectivity index (χ2v) is 4.56. The number of nitrogen functional groups attached to an aromatic ring is 1. The largest absolute Gasteiger partial charge is 0.399 e. The molecule has 0 bridgehead atoms. The van der Waals surface area contributed by atoms with E-state index in [-0.39, 0.29) is 21.7 Å². The van der Waals surface area contributed by atoms with Crippen LogP contribution in [0.4, 0.5) is 14.5 Å². The standard InChI is InChI=1S/C14H10ClF2NO/c1-7-4-10(13(17)6-12(7)16)14(19)9-3-2-8(18)5-11(9)15/h2-6H,18H2,1H3. The van der Waals surface area contributed by atoms with Crippen molar-refractivity contribution in [3.63, 3.8) is 0 Å². The lowest BCUT2D eigenvalue weighted by molar-refractivity contribution is 0.103. The minimum absolute atomic E-state index is 0.126. The van der Waals surface area contributed by atoms with Crippen molar-refractivity contribution in [3.8, 4) is 0 Å². The van der Waals surface area contributed by atoms with Gasteiger partial charge in [0.25, 0.3) is 0 Å². The zero-order valence-electron chi connectivity index (χ0n) is 10.0. The van der Waals surface area contributed by atoms with E-state index in [0.717, 1.165) is 0 Å². The number of hydrogen-bond acceptors (Lipinski definition) is 2. The third kappa shape index (κ3) is 2.58. The zero-order chi connectivity index (χ0) is 14.2. The predicted molar refractivity (Wildman–Crippen MR) is 70.4 cm³/mol. The third-order valence-electron chi connectivity index (χ3n) is 2.73. The highest BCUT2D eigenvalue weighted by Crippen LogP contribution is 2.24. The molecule has 2 rings (SSSR count). The number of carbonyl (C=O) groups excluding carboxylic acids is 1. The van der Waals surface area contributed by atoms with Crippen LogP contribution in [0.3, 0.4) is 0 Å². The monoisotopic (exact) mass is 281 g/mol. The fourth-order valence-corrected chi connectivity index (χ4v) is 1.97. The first-order chi connectivity index (χ1) is 8.90. The molecular formula is C14H10ClF2NO. The molecule has 0 fully saturated rings. The maximum absolute atomic E-state index is 13.6. The van der Waals surface area contributed by atoms with Crippen molar-refractivity contribution < 1.29 is 13.6 Å². The number of carbonyl (C=O) groups is 1. The summed E-state index contributed by atoms with van der Waals surface area (Å²) in [5.74, 6) is -2.22. The average Bonchev–Trinajstić information content (AvgIpc) is 2.33. The molecule has 0 atom stereocenters. The SMILES string of the molecule is Cc1cc(C(=O)c2ccc(N)cc2Cl)c(F)cc1F. The van der Waals surface area contributed by atoms with Crippen LogP contribution in [0.2, 0.25) is 5.02 Å². The first-order valence-corrected chi connectivity index (χ1v) is 5.83. The van der Waals surface area contributed by atoms with Crippen molar-refractivity contribution >= 4 is 23.1 Å². The van der Waals surface area contributed by atoms with E-state index in [1.165, 1.54) is 31.2 Å². The fourth-order valence-electron chi connectivity index (χ4n) is 1.69. The normalized spacial score (nSPS) is 10.5. The Morgan fingerprint density at radius 2 is 1.79 bits per heavy atom. The van der Waals surface area contributed by atoms with Crippen LogP contribution in [-0.4, -0.2) is 5.78 Å². The van der Waals surface area contributed by atoms with Gasteiger partial charge in [-0.3, -0.25) is 4.79 Å². The molecule has 2 aromatic carbocycles. The number of anilines is 1. The number of halogens is 3. The summed E-state index contributed by atoms with van der Waals surface area (Å²) in [4.78, 5) is 12.2. The zero-order valence-corrected chi connectivity index (χ0v) is 10.8. The van der Waals surface area contributed by atoms with Crippen LogP contribution in [0, 0.1) is 18.6 Å². The minimum atomic E-state index is -0.916. The van der Waals surface area contributed by atoms with Crippen molar-refractivity contribution in [2.75, 3.05) is 5.73 Å². The summed E-state index contributed by atoms with van der Waals surface area (Å²) in [6, 6.07) is 6.17. The molecule has 0 saturated heterocycles.